The lowest BCUT2D eigenvalue weighted by molar-refractivity contribution is -0.121. The summed E-state index contributed by atoms with van der Waals surface area (Å²) in [7, 11) is 1.41. The molecular weight excluding hydrogens is 325 g/mol. The van der Waals surface area contributed by atoms with Crippen molar-refractivity contribution in [2.75, 3.05) is 7.11 Å². The van der Waals surface area contributed by atoms with Gasteiger partial charge in [0.25, 0.3) is 0 Å². The number of nitrogens with zero attached hydrogens (tertiary/aromatic N) is 2. The summed E-state index contributed by atoms with van der Waals surface area (Å²) in [5.41, 5.74) is 0.469. The van der Waals surface area contributed by atoms with E-state index in [2.05, 4.69) is 15.5 Å². The van der Waals surface area contributed by atoms with Gasteiger partial charge in [0.05, 0.1) is 13.2 Å². The molecule has 2 rings (SSSR count). The van der Waals surface area contributed by atoms with Gasteiger partial charge in [0.15, 0.2) is 17.4 Å². The van der Waals surface area contributed by atoms with Gasteiger partial charge in [0.2, 0.25) is 11.8 Å². The second-order valence-electron chi connectivity index (χ2n) is 6.94. The topological polar surface area (TPSA) is 77.2 Å². The highest BCUT2D eigenvalue weighted by Crippen LogP contribution is 2.22. The molecule has 0 saturated heterocycles. The van der Waals surface area contributed by atoms with Crippen molar-refractivity contribution in [3.63, 3.8) is 0 Å². The minimum Gasteiger partial charge on any atom is -0.494 e. The maximum atomic E-state index is 13.8. The number of nitrogens with one attached hydrogen (secondary N) is 1. The number of hydrogen-bond donors (Lipinski definition) is 1. The van der Waals surface area contributed by atoms with Crippen molar-refractivity contribution in [1.82, 2.24) is 15.5 Å². The number of methoxy groups -OCH3 is 1. The number of aryl methyl sites for hydroxylation is 1. The molecule has 6 nitrogen and oxygen atoms in total. The van der Waals surface area contributed by atoms with Gasteiger partial charge in [0.1, 0.15) is 0 Å². The fourth-order valence-electron chi connectivity index (χ4n) is 2.23. The molecule has 136 valence electrons. The van der Waals surface area contributed by atoms with Crippen molar-refractivity contribution in [3.8, 4) is 5.75 Å². The lowest BCUT2D eigenvalue weighted by atomic mass is 9.96. The van der Waals surface area contributed by atoms with E-state index in [9.17, 15) is 9.18 Å². The van der Waals surface area contributed by atoms with Crippen molar-refractivity contribution in [2.45, 2.75) is 52.0 Å². The molecule has 0 aliphatic heterocycles. The monoisotopic (exact) mass is 349 g/mol. The Morgan fingerprint density at radius 3 is 2.68 bits per heavy atom. The molecule has 1 atom stereocenters. The van der Waals surface area contributed by atoms with Crippen molar-refractivity contribution in [1.29, 1.82) is 0 Å². The second kappa shape index (κ2) is 7.63. The molecule has 1 heterocycles. The number of benzene rings is 1. The maximum Gasteiger partial charge on any atom is 0.227 e. The fraction of sp³-hybridized carbons (Fsp3) is 0.500. The van der Waals surface area contributed by atoms with Crippen LogP contribution in [0.15, 0.2) is 22.7 Å². The molecule has 7 heteroatoms. The summed E-state index contributed by atoms with van der Waals surface area (Å²) >= 11 is 0. The molecule has 2 aromatic rings. The zero-order valence-electron chi connectivity index (χ0n) is 15.2. The van der Waals surface area contributed by atoms with Gasteiger partial charge in [-0.15, -0.1) is 0 Å². The highest BCUT2D eigenvalue weighted by molar-refractivity contribution is 5.76. The maximum absolute atomic E-state index is 13.8. The van der Waals surface area contributed by atoms with Gasteiger partial charge in [0, 0.05) is 18.3 Å². The molecule has 0 aliphatic rings. The molecule has 0 unspecified atom stereocenters. The van der Waals surface area contributed by atoms with Crippen LogP contribution in [-0.4, -0.2) is 23.2 Å². The largest absolute Gasteiger partial charge is 0.494 e. The van der Waals surface area contributed by atoms with E-state index in [-0.39, 0.29) is 29.5 Å². The molecular formula is C18H24FN3O3. The zero-order valence-corrected chi connectivity index (χ0v) is 15.2. The first kappa shape index (κ1) is 18.9. The molecule has 0 saturated carbocycles. The van der Waals surface area contributed by atoms with Crippen molar-refractivity contribution < 1.29 is 18.4 Å². The van der Waals surface area contributed by atoms with Gasteiger partial charge < -0.3 is 14.6 Å². The molecule has 1 amide bonds. The molecule has 1 aromatic carbocycles. The van der Waals surface area contributed by atoms with Crippen LogP contribution in [0.4, 0.5) is 4.39 Å². The van der Waals surface area contributed by atoms with E-state index in [4.69, 9.17) is 9.26 Å². The van der Waals surface area contributed by atoms with Crippen molar-refractivity contribution >= 4 is 5.91 Å². The predicted octanol–water partition coefficient (Wildman–Crippen LogP) is 3.32. The van der Waals surface area contributed by atoms with Crippen LogP contribution in [0.5, 0.6) is 5.75 Å². The fourth-order valence-corrected chi connectivity index (χ4v) is 2.23. The molecule has 25 heavy (non-hydrogen) atoms. The Morgan fingerprint density at radius 1 is 1.40 bits per heavy atom. The number of ether oxygens (including phenoxy) is 1. The van der Waals surface area contributed by atoms with E-state index in [1.165, 1.54) is 13.2 Å². The minimum atomic E-state index is -0.457. The van der Waals surface area contributed by atoms with Crippen molar-refractivity contribution in [2.24, 2.45) is 0 Å². The SMILES string of the molecule is COc1ccc([C@H](C)NC(=O)CCc2nc(C(C)(C)C)no2)cc1F. The second-order valence-corrected chi connectivity index (χ2v) is 6.94. The lowest BCUT2D eigenvalue weighted by Crippen LogP contribution is -2.27. The van der Waals surface area contributed by atoms with Crippen LogP contribution in [0.3, 0.4) is 0 Å². The first-order valence-electron chi connectivity index (χ1n) is 8.16. The number of carbonyl (C=O) groups excluding carboxylic acids is 1. The summed E-state index contributed by atoms with van der Waals surface area (Å²) in [4.78, 5) is 16.4. The lowest BCUT2D eigenvalue weighted by Gasteiger charge is -2.15. The Morgan fingerprint density at radius 2 is 2.12 bits per heavy atom. The molecule has 1 aromatic heterocycles. The van der Waals surface area contributed by atoms with Crippen LogP contribution in [0.2, 0.25) is 0 Å². The molecule has 0 radical (unpaired) electrons. The number of aromatic nitrogens is 2. The first-order valence-corrected chi connectivity index (χ1v) is 8.16. The summed E-state index contributed by atoms with van der Waals surface area (Å²) in [5.74, 6) is 0.599. The number of rotatable bonds is 6. The van der Waals surface area contributed by atoms with Gasteiger partial charge in [-0.1, -0.05) is 32.0 Å². The van der Waals surface area contributed by atoms with Gasteiger partial charge >= 0.3 is 0 Å². The van der Waals surface area contributed by atoms with E-state index in [0.717, 1.165) is 0 Å². The van der Waals surface area contributed by atoms with Crippen molar-refractivity contribution in [3.05, 3.63) is 41.3 Å². The third kappa shape index (κ3) is 5.01. The number of hydrogen-bond acceptors (Lipinski definition) is 5. The van der Waals surface area contributed by atoms with Crippen LogP contribution >= 0.6 is 0 Å². The predicted molar refractivity (Wildman–Crippen MR) is 90.8 cm³/mol. The Kier molecular flexibility index (Phi) is 5.77. The van der Waals surface area contributed by atoms with E-state index in [1.54, 1.807) is 19.1 Å². The summed E-state index contributed by atoms with van der Waals surface area (Å²) in [6.07, 6.45) is 0.577. The third-order valence-corrected chi connectivity index (χ3v) is 3.76. The number of halogens is 1. The summed E-state index contributed by atoms with van der Waals surface area (Å²) in [5, 5.41) is 6.76. The summed E-state index contributed by atoms with van der Waals surface area (Å²) in [6.45, 7) is 7.77. The Balaban J connectivity index is 1.89. The molecule has 0 aliphatic carbocycles. The Bertz CT molecular complexity index is 737. The van der Waals surface area contributed by atoms with Crippen LogP contribution in [0, 0.1) is 5.82 Å². The van der Waals surface area contributed by atoms with Crippen LogP contribution in [0.25, 0.3) is 0 Å². The zero-order chi connectivity index (χ0) is 18.6. The average Bonchev–Trinajstić information content (AvgIpc) is 3.02. The van der Waals surface area contributed by atoms with Gasteiger partial charge in [-0.25, -0.2) is 4.39 Å². The van der Waals surface area contributed by atoms with Crippen LogP contribution in [0.1, 0.15) is 57.4 Å². The molecule has 0 spiro atoms. The van der Waals surface area contributed by atoms with Gasteiger partial charge in [-0.3, -0.25) is 4.79 Å². The summed E-state index contributed by atoms with van der Waals surface area (Å²) < 4.78 is 23.8. The van der Waals surface area contributed by atoms with Crippen LogP contribution < -0.4 is 10.1 Å². The standard InChI is InChI=1S/C18H24FN3O3/c1-11(12-6-7-14(24-5)13(19)10-12)20-15(23)8-9-16-21-17(22-25-16)18(2,3)4/h6-7,10-11H,8-9H2,1-5H3,(H,20,23)/t11-/m0/s1. The van der Waals surface area contributed by atoms with Gasteiger partial charge in [-0.05, 0) is 24.6 Å². The van der Waals surface area contributed by atoms with Gasteiger partial charge in [-0.2, -0.15) is 4.98 Å². The quantitative estimate of drug-likeness (QED) is 0.865. The molecule has 0 fully saturated rings. The average molecular weight is 349 g/mol. The van der Waals surface area contributed by atoms with Crippen LogP contribution in [-0.2, 0) is 16.6 Å². The third-order valence-electron chi connectivity index (χ3n) is 3.76. The normalized spacial score (nSPS) is 12.7. The Labute approximate surface area is 146 Å². The highest BCUT2D eigenvalue weighted by atomic mass is 19.1. The Hall–Kier alpha value is -2.44. The number of amides is 1. The molecule has 0 bridgehead atoms. The minimum absolute atomic E-state index is 0.167. The van der Waals surface area contributed by atoms with E-state index in [0.29, 0.717) is 23.7 Å². The number of carbonyl (C=O) groups is 1. The smallest absolute Gasteiger partial charge is 0.227 e. The summed E-state index contributed by atoms with van der Waals surface area (Å²) in [6, 6.07) is 4.30. The van der Waals surface area contributed by atoms with E-state index < -0.39 is 5.82 Å². The highest BCUT2D eigenvalue weighted by Gasteiger charge is 2.21. The molecule has 1 N–H and O–H groups in total. The van der Waals surface area contributed by atoms with E-state index in [1.807, 2.05) is 20.8 Å². The van der Waals surface area contributed by atoms with E-state index >= 15 is 0 Å². The first-order chi connectivity index (χ1) is 11.7.